The van der Waals surface area contributed by atoms with Gasteiger partial charge in [0.15, 0.2) is 0 Å². The third kappa shape index (κ3) is 3.02. The molecule has 2 aromatic heterocycles. The van der Waals surface area contributed by atoms with Gasteiger partial charge in [-0.2, -0.15) is 0 Å². The maximum atomic E-state index is 4.37. The van der Waals surface area contributed by atoms with E-state index in [2.05, 4.69) is 39.4 Å². The summed E-state index contributed by atoms with van der Waals surface area (Å²) in [6.45, 7) is 7.92. The molecule has 0 spiro atoms. The highest BCUT2D eigenvalue weighted by Gasteiger charge is 2.17. The van der Waals surface area contributed by atoms with Crippen LogP contribution >= 0.6 is 0 Å². The molecule has 2 N–H and O–H groups in total. The SMILES string of the molecule is CCN(Cc1c[nH]c2ncccc12)CC1CCCNC1. The number of pyridine rings is 1. The van der Waals surface area contributed by atoms with E-state index in [0.29, 0.717) is 0 Å². The average molecular weight is 272 g/mol. The highest BCUT2D eigenvalue weighted by Crippen LogP contribution is 2.19. The molecule has 0 radical (unpaired) electrons. The first-order valence-electron chi connectivity index (χ1n) is 7.71. The van der Waals surface area contributed by atoms with Crippen molar-refractivity contribution in [1.82, 2.24) is 20.2 Å². The van der Waals surface area contributed by atoms with E-state index in [-0.39, 0.29) is 0 Å². The van der Waals surface area contributed by atoms with Crippen molar-refractivity contribution in [3.8, 4) is 0 Å². The molecule has 108 valence electrons. The Morgan fingerprint density at radius 1 is 1.45 bits per heavy atom. The van der Waals surface area contributed by atoms with Gasteiger partial charge in [-0.25, -0.2) is 4.98 Å². The number of nitrogens with zero attached hydrogens (tertiary/aromatic N) is 2. The van der Waals surface area contributed by atoms with Crippen LogP contribution in [0.3, 0.4) is 0 Å². The Morgan fingerprint density at radius 2 is 2.40 bits per heavy atom. The predicted molar refractivity (Wildman–Crippen MR) is 82.6 cm³/mol. The van der Waals surface area contributed by atoms with Crippen molar-refractivity contribution >= 4 is 11.0 Å². The smallest absolute Gasteiger partial charge is 0.137 e. The second-order valence-electron chi connectivity index (χ2n) is 5.75. The van der Waals surface area contributed by atoms with Gasteiger partial charge in [0.2, 0.25) is 0 Å². The van der Waals surface area contributed by atoms with Crippen LogP contribution in [0.15, 0.2) is 24.5 Å². The largest absolute Gasteiger partial charge is 0.346 e. The molecule has 1 fully saturated rings. The highest BCUT2D eigenvalue weighted by atomic mass is 15.1. The molecule has 0 aromatic carbocycles. The van der Waals surface area contributed by atoms with Crippen LogP contribution < -0.4 is 5.32 Å². The van der Waals surface area contributed by atoms with E-state index in [1.165, 1.54) is 43.4 Å². The summed E-state index contributed by atoms with van der Waals surface area (Å²) in [6, 6.07) is 4.17. The fourth-order valence-electron chi connectivity index (χ4n) is 3.13. The Labute approximate surface area is 120 Å². The summed E-state index contributed by atoms with van der Waals surface area (Å²) in [4.78, 5) is 10.2. The van der Waals surface area contributed by atoms with E-state index in [1.54, 1.807) is 0 Å². The summed E-state index contributed by atoms with van der Waals surface area (Å²) in [7, 11) is 0. The minimum Gasteiger partial charge on any atom is -0.346 e. The van der Waals surface area contributed by atoms with Crippen molar-refractivity contribution in [1.29, 1.82) is 0 Å². The first-order chi connectivity index (χ1) is 9.86. The Balaban J connectivity index is 1.67. The molecule has 0 saturated carbocycles. The number of aromatic nitrogens is 2. The molecule has 0 aliphatic carbocycles. The third-order valence-corrected chi connectivity index (χ3v) is 4.29. The number of aromatic amines is 1. The van der Waals surface area contributed by atoms with Crippen LogP contribution in [0.25, 0.3) is 11.0 Å². The number of hydrogen-bond donors (Lipinski definition) is 2. The number of piperidine rings is 1. The molecule has 20 heavy (non-hydrogen) atoms. The van der Waals surface area contributed by atoms with Crippen molar-refractivity contribution in [3.05, 3.63) is 30.1 Å². The van der Waals surface area contributed by atoms with Crippen LogP contribution in [-0.4, -0.2) is 41.0 Å². The van der Waals surface area contributed by atoms with E-state index in [0.717, 1.165) is 24.7 Å². The number of nitrogens with one attached hydrogen (secondary N) is 2. The van der Waals surface area contributed by atoms with Crippen LogP contribution in [0.4, 0.5) is 0 Å². The molecular formula is C16H24N4. The molecule has 1 aliphatic heterocycles. The Morgan fingerprint density at radius 3 is 3.20 bits per heavy atom. The van der Waals surface area contributed by atoms with Gasteiger partial charge >= 0.3 is 0 Å². The minimum atomic E-state index is 0.798. The van der Waals surface area contributed by atoms with Gasteiger partial charge in [-0.1, -0.05) is 6.92 Å². The van der Waals surface area contributed by atoms with Gasteiger partial charge in [0.1, 0.15) is 5.65 Å². The number of H-pyrrole nitrogens is 1. The molecule has 4 heteroatoms. The maximum absolute atomic E-state index is 4.37. The van der Waals surface area contributed by atoms with E-state index in [9.17, 15) is 0 Å². The first-order valence-corrected chi connectivity index (χ1v) is 7.71. The van der Waals surface area contributed by atoms with Gasteiger partial charge in [0.25, 0.3) is 0 Å². The fraction of sp³-hybridized carbons (Fsp3) is 0.562. The van der Waals surface area contributed by atoms with E-state index in [4.69, 9.17) is 0 Å². The predicted octanol–water partition coefficient (Wildman–Crippen LogP) is 2.38. The fourth-order valence-corrected chi connectivity index (χ4v) is 3.13. The summed E-state index contributed by atoms with van der Waals surface area (Å²) in [6.07, 6.45) is 6.63. The molecule has 0 bridgehead atoms. The van der Waals surface area contributed by atoms with Crippen LogP contribution in [-0.2, 0) is 6.54 Å². The van der Waals surface area contributed by atoms with Crippen LogP contribution in [0.2, 0.25) is 0 Å². The zero-order valence-electron chi connectivity index (χ0n) is 12.2. The second-order valence-corrected chi connectivity index (χ2v) is 5.75. The van der Waals surface area contributed by atoms with Gasteiger partial charge in [0, 0.05) is 30.9 Å². The molecule has 0 amide bonds. The lowest BCUT2D eigenvalue weighted by Crippen LogP contribution is -2.38. The number of hydrogen-bond acceptors (Lipinski definition) is 3. The first kappa shape index (κ1) is 13.6. The molecule has 3 rings (SSSR count). The normalized spacial score (nSPS) is 19.8. The summed E-state index contributed by atoms with van der Waals surface area (Å²) in [5, 5.41) is 4.77. The molecule has 1 atom stereocenters. The Hall–Kier alpha value is -1.39. The monoisotopic (exact) mass is 272 g/mol. The lowest BCUT2D eigenvalue weighted by atomic mass is 9.99. The molecule has 2 aromatic rings. The van der Waals surface area contributed by atoms with Crippen molar-refractivity contribution in [2.75, 3.05) is 26.2 Å². The van der Waals surface area contributed by atoms with Crippen LogP contribution in [0.5, 0.6) is 0 Å². The zero-order chi connectivity index (χ0) is 13.8. The van der Waals surface area contributed by atoms with E-state index >= 15 is 0 Å². The van der Waals surface area contributed by atoms with Crippen molar-refractivity contribution in [2.24, 2.45) is 5.92 Å². The van der Waals surface area contributed by atoms with Gasteiger partial charge in [0.05, 0.1) is 0 Å². The number of fused-ring (bicyclic) bond motifs is 1. The summed E-state index contributed by atoms with van der Waals surface area (Å²) >= 11 is 0. The second kappa shape index (κ2) is 6.37. The zero-order valence-corrected chi connectivity index (χ0v) is 12.2. The molecule has 1 aliphatic rings. The quantitative estimate of drug-likeness (QED) is 0.878. The van der Waals surface area contributed by atoms with Gasteiger partial charge in [-0.3, -0.25) is 4.90 Å². The standard InChI is InChI=1S/C16H24N4/c1-2-20(11-13-5-3-7-17-9-13)12-14-10-19-16-15(14)6-4-8-18-16/h4,6,8,10,13,17H,2-3,5,7,9,11-12H2,1H3,(H,18,19). The van der Waals surface area contributed by atoms with Gasteiger partial charge < -0.3 is 10.3 Å². The summed E-state index contributed by atoms with van der Waals surface area (Å²) in [5.41, 5.74) is 2.36. The van der Waals surface area contributed by atoms with Crippen LogP contribution in [0.1, 0.15) is 25.3 Å². The lowest BCUT2D eigenvalue weighted by Gasteiger charge is -2.29. The van der Waals surface area contributed by atoms with Gasteiger partial charge in [-0.05, 0) is 56.1 Å². The van der Waals surface area contributed by atoms with Crippen molar-refractivity contribution in [2.45, 2.75) is 26.3 Å². The summed E-state index contributed by atoms with van der Waals surface area (Å²) < 4.78 is 0. The third-order valence-electron chi connectivity index (χ3n) is 4.29. The molecule has 3 heterocycles. The maximum Gasteiger partial charge on any atom is 0.137 e. The number of rotatable bonds is 5. The highest BCUT2D eigenvalue weighted by molar-refractivity contribution is 5.79. The van der Waals surface area contributed by atoms with Crippen LogP contribution in [0, 0.1) is 5.92 Å². The van der Waals surface area contributed by atoms with Gasteiger partial charge in [-0.15, -0.1) is 0 Å². The van der Waals surface area contributed by atoms with E-state index < -0.39 is 0 Å². The molecular weight excluding hydrogens is 248 g/mol. The summed E-state index contributed by atoms with van der Waals surface area (Å²) in [5.74, 6) is 0.798. The Kier molecular flexibility index (Phi) is 4.33. The van der Waals surface area contributed by atoms with Crippen molar-refractivity contribution in [3.63, 3.8) is 0 Å². The Bertz CT molecular complexity index is 542. The topological polar surface area (TPSA) is 44.0 Å². The minimum absolute atomic E-state index is 0.798. The van der Waals surface area contributed by atoms with Crippen molar-refractivity contribution < 1.29 is 0 Å². The lowest BCUT2D eigenvalue weighted by molar-refractivity contribution is 0.210. The molecule has 4 nitrogen and oxygen atoms in total. The molecule has 1 saturated heterocycles. The van der Waals surface area contributed by atoms with E-state index in [1.807, 2.05) is 12.3 Å². The average Bonchev–Trinajstić information content (AvgIpc) is 2.91. The molecule has 1 unspecified atom stereocenters.